The van der Waals surface area contributed by atoms with Gasteiger partial charge in [0, 0.05) is 23.1 Å². The van der Waals surface area contributed by atoms with Crippen molar-refractivity contribution in [3.63, 3.8) is 0 Å². The number of hydrogen-bond donors (Lipinski definition) is 0. The van der Waals surface area contributed by atoms with Crippen molar-refractivity contribution in [1.82, 2.24) is 0 Å². The molecule has 1 heterocycles. The van der Waals surface area contributed by atoms with Crippen molar-refractivity contribution in [2.75, 3.05) is 6.26 Å². The average molecular weight is 398 g/mol. The van der Waals surface area contributed by atoms with Crippen LogP contribution in [0.1, 0.15) is 36.0 Å². The number of carbonyl (C=O) groups excluding carboxylic acids is 1. The first-order valence-electron chi connectivity index (χ1n) is 5.85. The molecule has 1 aromatic heterocycles. The minimum Gasteiger partial charge on any atom is -0.294 e. The van der Waals surface area contributed by atoms with Crippen LogP contribution in [0.4, 0.5) is 0 Å². The molecule has 0 aliphatic heterocycles. The Morgan fingerprint density at radius 3 is 2.72 bits per heavy atom. The van der Waals surface area contributed by atoms with E-state index in [0.29, 0.717) is 12.8 Å². The largest absolute Gasteiger partial charge is 0.294 e. The monoisotopic (exact) mass is 398 g/mol. The van der Waals surface area contributed by atoms with Crippen molar-refractivity contribution in [3.05, 3.63) is 19.9 Å². The van der Waals surface area contributed by atoms with E-state index in [2.05, 4.69) is 22.6 Å². The number of carbonyl (C=O) groups is 1. The maximum absolute atomic E-state index is 12.3. The second kappa shape index (κ2) is 5.58. The van der Waals surface area contributed by atoms with Crippen LogP contribution in [0.2, 0.25) is 0 Å². The lowest BCUT2D eigenvalue weighted by molar-refractivity contribution is 0.0891. The highest BCUT2D eigenvalue weighted by molar-refractivity contribution is 14.1. The molecule has 2 rings (SSSR count). The Morgan fingerprint density at radius 2 is 2.17 bits per heavy atom. The van der Waals surface area contributed by atoms with Crippen LogP contribution in [-0.4, -0.2) is 25.7 Å². The summed E-state index contributed by atoms with van der Waals surface area (Å²) in [4.78, 5) is 12.3. The molecule has 6 heteroatoms. The van der Waals surface area contributed by atoms with Gasteiger partial charge in [0.05, 0.1) is 8.13 Å². The Balaban J connectivity index is 2.12. The molecule has 0 N–H and O–H groups in total. The summed E-state index contributed by atoms with van der Waals surface area (Å²) >= 11 is 3.74. The molecule has 2 unspecified atom stereocenters. The molecule has 1 aliphatic rings. The Bertz CT molecular complexity index is 547. The van der Waals surface area contributed by atoms with Gasteiger partial charge in [-0.15, -0.1) is 11.3 Å². The summed E-state index contributed by atoms with van der Waals surface area (Å²) in [5.41, 5.74) is 0.739. The third kappa shape index (κ3) is 3.33. The Labute approximate surface area is 125 Å². The number of thiophene rings is 1. The second-order valence-corrected chi connectivity index (χ2v) is 9.95. The van der Waals surface area contributed by atoms with Gasteiger partial charge in [0.1, 0.15) is 9.84 Å². The van der Waals surface area contributed by atoms with Gasteiger partial charge in [-0.2, -0.15) is 0 Å². The second-order valence-electron chi connectivity index (χ2n) is 4.82. The zero-order chi connectivity index (χ0) is 13.3. The molecule has 100 valence electrons. The van der Waals surface area contributed by atoms with E-state index in [1.165, 1.54) is 6.26 Å². The zero-order valence-corrected chi connectivity index (χ0v) is 13.8. The maximum Gasteiger partial charge on any atom is 0.166 e. The van der Waals surface area contributed by atoms with E-state index in [9.17, 15) is 13.2 Å². The van der Waals surface area contributed by atoms with Gasteiger partial charge < -0.3 is 0 Å². The molecule has 0 amide bonds. The number of rotatable bonds is 3. The van der Waals surface area contributed by atoms with Gasteiger partial charge in [0.25, 0.3) is 0 Å². The van der Waals surface area contributed by atoms with Crippen LogP contribution < -0.4 is 0 Å². The lowest BCUT2D eigenvalue weighted by Gasteiger charge is -2.26. The van der Waals surface area contributed by atoms with Crippen molar-refractivity contribution in [2.45, 2.75) is 30.9 Å². The first-order chi connectivity index (χ1) is 8.38. The van der Waals surface area contributed by atoms with Gasteiger partial charge in [-0.25, -0.2) is 8.42 Å². The molecule has 1 fully saturated rings. The summed E-state index contributed by atoms with van der Waals surface area (Å²) in [7, 11) is -3.02. The summed E-state index contributed by atoms with van der Waals surface area (Å²) < 4.78 is 24.3. The molecule has 1 saturated carbocycles. The van der Waals surface area contributed by atoms with E-state index >= 15 is 0 Å². The standard InChI is InChI=1S/C12H15IO3S2/c1-18(15,16)10-4-2-3-8(5-10)12(14)9-6-11(13)17-7-9/h6-8,10H,2-5H2,1H3. The molecule has 2 atom stereocenters. The Kier molecular flexibility index (Phi) is 4.48. The summed E-state index contributed by atoms with van der Waals surface area (Å²) in [6, 6.07) is 1.89. The SMILES string of the molecule is CS(=O)(=O)C1CCCC(C(=O)c2csc(I)c2)C1. The Morgan fingerprint density at radius 1 is 1.44 bits per heavy atom. The maximum atomic E-state index is 12.3. The van der Waals surface area contributed by atoms with Crippen molar-refractivity contribution < 1.29 is 13.2 Å². The predicted octanol–water partition coefficient (Wildman–Crippen LogP) is 3.14. The molecule has 0 aromatic carbocycles. The number of halogens is 1. The molecule has 3 nitrogen and oxygen atoms in total. The summed E-state index contributed by atoms with van der Waals surface area (Å²) in [6.07, 6.45) is 4.11. The van der Waals surface area contributed by atoms with E-state index in [1.54, 1.807) is 11.3 Å². The van der Waals surface area contributed by atoms with Crippen molar-refractivity contribution in [2.24, 2.45) is 5.92 Å². The average Bonchev–Trinajstić information content (AvgIpc) is 2.74. The molecular weight excluding hydrogens is 383 g/mol. The highest BCUT2D eigenvalue weighted by Crippen LogP contribution is 2.31. The molecule has 0 radical (unpaired) electrons. The molecular formula is C12H15IO3S2. The fraction of sp³-hybridized carbons (Fsp3) is 0.583. The van der Waals surface area contributed by atoms with Gasteiger partial charge >= 0.3 is 0 Å². The third-order valence-electron chi connectivity index (χ3n) is 3.45. The van der Waals surface area contributed by atoms with E-state index in [4.69, 9.17) is 0 Å². The van der Waals surface area contributed by atoms with Gasteiger partial charge in [0.15, 0.2) is 5.78 Å². The highest BCUT2D eigenvalue weighted by atomic mass is 127. The Hall–Kier alpha value is 0.0500. The lowest BCUT2D eigenvalue weighted by atomic mass is 9.84. The molecule has 1 aromatic rings. The van der Waals surface area contributed by atoms with Gasteiger partial charge in [-0.3, -0.25) is 4.79 Å². The van der Waals surface area contributed by atoms with Crippen LogP contribution in [0.15, 0.2) is 11.4 Å². The minimum atomic E-state index is -3.02. The molecule has 18 heavy (non-hydrogen) atoms. The summed E-state index contributed by atoms with van der Waals surface area (Å²) in [6.45, 7) is 0. The van der Waals surface area contributed by atoms with Crippen LogP contribution >= 0.6 is 33.9 Å². The van der Waals surface area contributed by atoms with Crippen molar-refractivity contribution in [3.8, 4) is 0 Å². The van der Waals surface area contributed by atoms with E-state index < -0.39 is 9.84 Å². The molecule has 0 saturated heterocycles. The van der Waals surface area contributed by atoms with Crippen molar-refractivity contribution in [1.29, 1.82) is 0 Å². The topological polar surface area (TPSA) is 51.2 Å². The highest BCUT2D eigenvalue weighted by Gasteiger charge is 2.32. The number of Topliss-reactive ketones (excluding diaryl/α,β-unsaturated/α-hetero) is 1. The molecule has 0 bridgehead atoms. The first kappa shape index (κ1) is 14.5. The van der Waals surface area contributed by atoms with Crippen LogP contribution in [0, 0.1) is 8.80 Å². The van der Waals surface area contributed by atoms with Gasteiger partial charge in [-0.1, -0.05) is 6.42 Å². The lowest BCUT2D eigenvalue weighted by Crippen LogP contribution is -2.31. The normalized spacial score (nSPS) is 25.0. The third-order valence-corrected chi connectivity index (χ3v) is 6.88. The number of ketones is 1. The fourth-order valence-electron chi connectivity index (χ4n) is 2.45. The van der Waals surface area contributed by atoms with Crippen LogP contribution in [-0.2, 0) is 9.84 Å². The quantitative estimate of drug-likeness (QED) is 0.581. The van der Waals surface area contributed by atoms with E-state index in [1.807, 2.05) is 11.4 Å². The van der Waals surface area contributed by atoms with Crippen LogP contribution in [0.25, 0.3) is 0 Å². The predicted molar refractivity (Wildman–Crippen MR) is 82.0 cm³/mol. The summed E-state index contributed by atoms with van der Waals surface area (Å²) in [5, 5.41) is 1.53. The molecule has 1 aliphatic carbocycles. The minimum absolute atomic E-state index is 0.113. The van der Waals surface area contributed by atoms with Gasteiger partial charge in [-0.05, 0) is 47.9 Å². The van der Waals surface area contributed by atoms with Gasteiger partial charge in [0.2, 0.25) is 0 Å². The van der Waals surface area contributed by atoms with Crippen LogP contribution in [0.5, 0.6) is 0 Å². The van der Waals surface area contributed by atoms with Crippen LogP contribution in [0.3, 0.4) is 0 Å². The van der Waals surface area contributed by atoms with E-state index in [-0.39, 0.29) is 17.0 Å². The summed E-state index contributed by atoms with van der Waals surface area (Å²) in [5.74, 6) is -0.00797. The number of hydrogen-bond acceptors (Lipinski definition) is 4. The first-order valence-corrected chi connectivity index (χ1v) is 9.76. The zero-order valence-electron chi connectivity index (χ0n) is 10.1. The van der Waals surface area contributed by atoms with Crippen molar-refractivity contribution >= 4 is 49.5 Å². The number of sulfone groups is 1. The smallest absolute Gasteiger partial charge is 0.166 e. The fourth-order valence-corrected chi connectivity index (χ4v) is 4.96. The molecule has 0 spiro atoms. The van der Waals surface area contributed by atoms with E-state index in [0.717, 1.165) is 21.3 Å².